The lowest BCUT2D eigenvalue weighted by atomic mass is 10.2. The van der Waals surface area contributed by atoms with E-state index in [1.807, 2.05) is 31.2 Å². The Morgan fingerprint density at radius 1 is 1.17 bits per heavy atom. The molecular formula is C17H17BrFNO3. The van der Waals surface area contributed by atoms with Crippen molar-refractivity contribution >= 4 is 21.8 Å². The number of rotatable bonds is 7. The van der Waals surface area contributed by atoms with E-state index in [2.05, 4.69) is 21.2 Å². The van der Waals surface area contributed by atoms with Crippen LogP contribution in [0.4, 0.5) is 4.39 Å². The first-order valence-electron chi connectivity index (χ1n) is 7.08. The average Bonchev–Trinajstić information content (AvgIpc) is 2.52. The number of hydrogen-bond acceptors (Lipinski definition) is 3. The maximum absolute atomic E-state index is 13.5. The van der Waals surface area contributed by atoms with Crippen molar-refractivity contribution < 1.29 is 18.7 Å². The predicted octanol–water partition coefficient (Wildman–Crippen LogP) is 3.47. The summed E-state index contributed by atoms with van der Waals surface area (Å²) < 4.78 is 24.7. The SMILES string of the molecule is Cc1ccc(OCCNC(=O)COc2ccc(Br)cc2F)cc1. The van der Waals surface area contributed by atoms with Crippen LogP contribution in [-0.2, 0) is 4.79 Å². The van der Waals surface area contributed by atoms with Crippen LogP contribution in [0.1, 0.15) is 5.56 Å². The molecule has 0 radical (unpaired) electrons. The lowest BCUT2D eigenvalue weighted by Crippen LogP contribution is -2.32. The number of carbonyl (C=O) groups excluding carboxylic acids is 1. The molecule has 0 saturated carbocycles. The van der Waals surface area contributed by atoms with Gasteiger partial charge in [0, 0.05) is 4.47 Å². The summed E-state index contributed by atoms with van der Waals surface area (Å²) in [7, 11) is 0. The Labute approximate surface area is 142 Å². The van der Waals surface area contributed by atoms with E-state index in [-0.39, 0.29) is 18.3 Å². The number of aryl methyl sites for hydroxylation is 1. The van der Waals surface area contributed by atoms with Crippen molar-refractivity contribution in [1.29, 1.82) is 0 Å². The van der Waals surface area contributed by atoms with E-state index in [0.717, 1.165) is 11.3 Å². The number of ether oxygens (including phenoxy) is 2. The molecular weight excluding hydrogens is 365 g/mol. The molecule has 0 atom stereocenters. The zero-order valence-electron chi connectivity index (χ0n) is 12.6. The molecule has 6 heteroatoms. The third kappa shape index (κ3) is 5.90. The number of benzene rings is 2. The summed E-state index contributed by atoms with van der Waals surface area (Å²) in [5.41, 5.74) is 1.16. The Balaban J connectivity index is 1.66. The minimum atomic E-state index is -0.519. The quantitative estimate of drug-likeness (QED) is 0.746. The van der Waals surface area contributed by atoms with Crippen molar-refractivity contribution in [2.45, 2.75) is 6.92 Å². The molecule has 4 nitrogen and oxygen atoms in total. The van der Waals surface area contributed by atoms with Crippen molar-refractivity contribution in [2.75, 3.05) is 19.8 Å². The number of nitrogens with one attached hydrogen (secondary N) is 1. The Morgan fingerprint density at radius 3 is 2.61 bits per heavy atom. The van der Waals surface area contributed by atoms with Gasteiger partial charge in [0.1, 0.15) is 12.4 Å². The maximum atomic E-state index is 13.5. The molecule has 2 rings (SSSR count). The smallest absolute Gasteiger partial charge is 0.258 e. The number of halogens is 2. The first-order chi connectivity index (χ1) is 11.0. The summed E-state index contributed by atoms with van der Waals surface area (Å²) in [5.74, 6) is -0.0630. The van der Waals surface area contributed by atoms with Crippen LogP contribution in [-0.4, -0.2) is 25.7 Å². The molecule has 0 fully saturated rings. The van der Waals surface area contributed by atoms with Gasteiger partial charge in [0.2, 0.25) is 0 Å². The first-order valence-corrected chi connectivity index (χ1v) is 7.88. The third-order valence-electron chi connectivity index (χ3n) is 2.97. The van der Waals surface area contributed by atoms with E-state index in [0.29, 0.717) is 17.6 Å². The normalized spacial score (nSPS) is 10.2. The van der Waals surface area contributed by atoms with Crippen LogP contribution >= 0.6 is 15.9 Å². The summed E-state index contributed by atoms with van der Waals surface area (Å²) in [6, 6.07) is 12.0. The van der Waals surface area contributed by atoms with Gasteiger partial charge < -0.3 is 14.8 Å². The number of amides is 1. The third-order valence-corrected chi connectivity index (χ3v) is 3.46. The second kappa shape index (κ2) is 8.53. The Bertz CT molecular complexity index is 661. The molecule has 0 aliphatic carbocycles. The summed E-state index contributed by atoms with van der Waals surface area (Å²) >= 11 is 3.15. The van der Waals surface area contributed by atoms with Gasteiger partial charge in [-0.1, -0.05) is 33.6 Å². The van der Waals surface area contributed by atoms with Crippen LogP contribution in [0.25, 0.3) is 0 Å². The zero-order chi connectivity index (χ0) is 16.7. The lowest BCUT2D eigenvalue weighted by Gasteiger charge is -2.09. The molecule has 0 bridgehead atoms. The first kappa shape index (κ1) is 17.3. The average molecular weight is 382 g/mol. The van der Waals surface area contributed by atoms with Crippen LogP contribution in [0.2, 0.25) is 0 Å². The molecule has 0 unspecified atom stereocenters. The molecule has 23 heavy (non-hydrogen) atoms. The van der Waals surface area contributed by atoms with Gasteiger partial charge in [-0.2, -0.15) is 0 Å². The predicted molar refractivity (Wildman–Crippen MR) is 89.3 cm³/mol. The minimum absolute atomic E-state index is 0.0410. The van der Waals surface area contributed by atoms with Gasteiger partial charge in [0.25, 0.3) is 5.91 Å². The zero-order valence-corrected chi connectivity index (χ0v) is 14.2. The maximum Gasteiger partial charge on any atom is 0.258 e. The van der Waals surface area contributed by atoms with E-state index in [1.54, 1.807) is 6.07 Å². The second-order valence-electron chi connectivity index (χ2n) is 4.87. The van der Waals surface area contributed by atoms with E-state index in [9.17, 15) is 9.18 Å². The molecule has 0 aliphatic heterocycles. The highest BCUT2D eigenvalue weighted by atomic mass is 79.9. The Hall–Kier alpha value is -2.08. The summed E-state index contributed by atoms with van der Waals surface area (Å²) in [5, 5.41) is 2.64. The molecule has 2 aromatic rings. The molecule has 1 N–H and O–H groups in total. The highest BCUT2D eigenvalue weighted by molar-refractivity contribution is 9.10. The van der Waals surface area contributed by atoms with Gasteiger partial charge in [0.05, 0.1) is 6.54 Å². The van der Waals surface area contributed by atoms with Gasteiger partial charge in [-0.15, -0.1) is 0 Å². The van der Waals surface area contributed by atoms with Crippen LogP contribution in [0.15, 0.2) is 46.9 Å². The second-order valence-corrected chi connectivity index (χ2v) is 5.79. The summed E-state index contributed by atoms with van der Waals surface area (Å²) in [6.45, 7) is 2.45. The van der Waals surface area contributed by atoms with Crippen molar-refractivity contribution in [1.82, 2.24) is 5.32 Å². The minimum Gasteiger partial charge on any atom is -0.492 e. The molecule has 0 aliphatic rings. The van der Waals surface area contributed by atoms with Crippen LogP contribution in [0.5, 0.6) is 11.5 Å². The molecule has 0 spiro atoms. The van der Waals surface area contributed by atoms with Crippen molar-refractivity contribution in [2.24, 2.45) is 0 Å². The van der Waals surface area contributed by atoms with Gasteiger partial charge in [-0.3, -0.25) is 4.79 Å². The molecule has 0 heterocycles. The molecule has 0 saturated heterocycles. The van der Waals surface area contributed by atoms with Crippen LogP contribution in [0.3, 0.4) is 0 Å². The molecule has 0 aromatic heterocycles. The highest BCUT2D eigenvalue weighted by Gasteiger charge is 2.07. The topological polar surface area (TPSA) is 47.6 Å². The fourth-order valence-corrected chi connectivity index (χ4v) is 2.11. The number of carbonyl (C=O) groups is 1. The van der Waals surface area contributed by atoms with E-state index >= 15 is 0 Å². The Morgan fingerprint density at radius 2 is 1.91 bits per heavy atom. The van der Waals surface area contributed by atoms with Gasteiger partial charge in [-0.25, -0.2) is 4.39 Å². The van der Waals surface area contributed by atoms with Crippen molar-refractivity contribution in [3.63, 3.8) is 0 Å². The van der Waals surface area contributed by atoms with Gasteiger partial charge in [0.15, 0.2) is 18.2 Å². The van der Waals surface area contributed by atoms with Crippen molar-refractivity contribution in [3.8, 4) is 11.5 Å². The van der Waals surface area contributed by atoms with Crippen LogP contribution < -0.4 is 14.8 Å². The standard InChI is InChI=1S/C17H17BrFNO3/c1-12-2-5-14(6-3-12)22-9-8-20-17(21)11-23-16-7-4-13(18)10-15(16)19/h2-7,10H,8-9,11H2,1H3,(H,20,21). The van der Waals surface area contributed by atoms with E-state index < -0.39 is 5.82 Å². The molecule has 122 valence electrons. The number of hydrogen-bond donors (Lipinski definition) is 1. The van der Waals surface area contributed by atoms with E-state index in [4.69, 9.17) is 9.47 Å². The largest absolute Gasteiger partial charge is 0.492 e. The van der Waals surface area contributed by atoms with Crippen molar-refractivity contribution in [3.05, 3.63) is 58.3 Å². The van der Waals surface area contributed by atoms with E-state index in [1.165, 1.54) is 12.1 Å². The summed E-state index contributed by atoms with van der Waals surface area (Å²) in [6.07, 6.45) is 0. The molecule has 2 aromatic carbocycles. The molecule has 1 amide bonds. The summed E-state index contributed by atoms with van der Waals surface area (Å²) in [4.78, 5) is 11.6. The lowest BCUT2D eigenvalue weighted by molar-refractivity contribution is -0.123. The fourth-order valence-electron chi connectivity index (χ4n) is 1.78. The van der Waals surface area contributed by atoms with Gasteiger partial charge >= 0.3 is 0 Å². The monoisotopic (exact) mass is 381 g/mol. The van der Waals surface area contributed by atoms with Gasteiger partial charge in [-0.05, 0) is 37.3 Å². The van der Waals surface area contributed by atoms with Crippen LogP contribution in [0, 0.1) is 12.7 Å². The Kier molecular flexibility index (Phi) is 6.40. The highest BCUT2D eigenvalue weighted by Crippen LogP contribution is 2.21. The fraction of sp³-hybridized carbons (Fsp3) is 0.235.